The van der Waals surface area contributed by atoms with Gasteiger partial charge < -0.3 is 20.1 Å². The number of aryl methyl sites for hydroxylation is 2. The largest absolute Gasteiger partial charge is 0.357 e. The van der Waals surface area contributed by atoms with Crippen molar-refractivity contribution < 1.29 is 4.79 Å². The summed E-state index contributed by atoms with van der Waals surface area (Å²) >= 11 is 6.06. The number of hydrogen-bond acceptors (Lipinski definition) is 2. The maximum Gasteiger partial charge on any atom is 0.251 e. The van der Waals surface area contributed by atoms with Crippen LogP contribution < -0.4 is 10.6 Å². The monoisotopic (exact) mass is 389 g/mol. The van der Waals surface area contributed by atoms with Gasteiger partial charge >= 0.3 is 0 Å². The molecule has 27 heavy (non-hydrogen) atoms. The minimum atomic E-state index is -0.0780. The standard InChI is InChI=1S/C20H28ClN5O/c1-5-22-20(26(4)14-18-12-17(21)13-25(18)3)24-10-9-23-19(27)16-8-6-7-15(2)11-16/h6-8,11-13H,5,9-10,14H2,1-4H3,(H,22,24)(H,23,27). The highest BCUT2D eigenvalue weighted by Gasteiger charge is 2.10. The molecule has 7 heteroatoms. The van der Waals surface area contributed by atoms with E-state index in [0.717, 1.165) is 28.8 Å². The van der Waals surface area contributed by atoms with Gasteiger partial charge in [0, 0.05) is 44.6 Å². The summed E-state index contributed by atoms with van der Waals surface area (Å²) < 4.78 is 2.00. The van der Waals surface area contributed by atoms with Crippen LogP contribution in [0.3, 0.4) is 0 Å². The van der Waals surface area contributed by atoms with Crippen molar-refractivity contribution in [3.05, 3.63) is 58.4 Å². The zero-order valence-corrected chi connectivity index (χ0v) is 17.2. The molecule has 0 aliphatic carbocycles. The lowest BCUT2D eigenvalue weighted by Crippen LogP contribution is -2.39. The number of nitrogens with zero attached hydrogens (tertiary/aromatic N) is 3. The lowest BCUT2D eigenvalue weighted by atomic mass is 10.1. The van der Waals surface area contributed by atoms with E-state index in [2.05, 4.69) is 15.6 Å². The van der Waals surface area contributed by atoms with E-state index in [9.17, 15) is 4.79 Å². The Morgan fingerprint density at radius 1 is 1.30 bits per heavy atom. The van der Waals surface area contributed by atoms with Gasteiger partial charge in [-0.1, -0.05) is 29.3 Å². The molecule has 0 aliphatic heterocycles. The highest BCUT2D eigenvalue weighted by atomic mass is 35.5. The predicted octanol–water partition coefficient (Wildman–Crippen LogP) is 2.81. The number of hydrogen-bond donors (Lipinski definition) is 2. The molecule has 0 unspecified atom stereocenters. The number of guanidine groups is 1. The van der Waals surface area contributed by atoms with E-state index in [1.54, 1.807) is 0 Å². The van der Waals surface area contributed by atoms with E-state index in [0.29, 0.717) is 25.2 Å². The first-order valence-corrected chi connectivity index (χ1v) is 9.43. The normalized spacial score (nSPS) is 11.4. The third kappa shape index (κ3) is 6.32. The Labute approximate surface area is 166 Å². The minimum absolute atomic E-state index is 0.0780. The molecule has 0 radical (unpaired) electrons. The predicted molar refractivity (Wildman–Crippen MR) is 111 cm³/mol. The highest BCUT2D eigenvalue weighted by molar-refractivity contribution is 6.30. The van der Waals surface area contributed by atoms with Crippen molar-refractivity contribution in [3.63, 3.8) is 0 Å². The minimum Gasteiger partial charge on any atom is -0.357 e. The number of aromatic nitrogens is 1. The SMILES string of the molecule is CCNC(=NCCNC(=O)c1cccc(C)c1)N(C)Cc1cc(Cl)cn1C. The Kier molecular flexibility index (Phi) is 7.73. The first-order valence-electron chi connectivity index (χ1n) is 9.05. The Bertz CT molecular complexity index is 799. The van der Waals surface area contributed by atoms with Gasteiger partial charge in [0.05, 0.1) is 18.1 Å². The molecule has 0 bridgehead atoms. The lowest BCUT2D eigenvalue weighted by Gasteiger charge is -2.22. The Hall–Kier alpha value is -2.47. The molecular weight excluding hydrogens is 362 g/mol. The van der Waals surface area contributed by atoms with Crippen molar-refractivity contribution in [3.8, 4) is 0 Å². The summed E-state index contributed by atoms with van der Waals surface area (Å²) in [6, 6.07) is 9.50. The summed E-state index contributed by atoms with van der Waals surface area (Å²) in [5, 5.41) is 6.91. The highest BCUT2D eigenvalue weighted by Crippen LogP contribution is 2.14. The summed E-state index contributed by atoms with van der Waals surface area (Å²) in [6.45, 7) is 6.43. The fraction of sp³-hybridized carbons (Fsp3) is 0.400. The van der Waals surface area contributed by atoms with Crippen LogP contribution in [-0.4, -0.2) is 48.0 Å². The second-order valence-corrected chi connectivity index (χ2v) is 6.91. The van der Waals surface area contributed by atoms with Crippen molar-refractivity contribution in [1.82, 2.24) is 20.1 Å². The molecule has 0 saturated heterocycles. The molecular formula is C20H28ClN5O. The van der Waals surface area contributed by atoms with E-state index < -0.39 is 0 Å². The molecule has 146 valence electrons. The zero-order chi connectivity index (χ0) is 19.8. The van der Waals surface area contributed by atoms with Crippen LogP contribution in [0.5, 0.6) is 0 Å². The molecule has 2 rings (SSSR count). The van der Waals surface area contributed by atoms with Gasteiger partial charge in [-0.15, -0.1) is 0 Å². The van der Waals surface area contributed by atoms with Crippen LogP contribution in [-0.2, 0) is 13.6 Å². The van der Waals surface area contributed by atoms with Crippen molar-refractivity contribution in [2.45, 2.75) is 20.4 Å². The lowest BCUT2D eigenvalue weighted by molar-refractivity contribution is 0.0954. The summed E-state index contributed by atoms with van der Waals surface area (Å²) in [6.07, 6.45) is 1.88. The smallest absolute Gasteiger partial charge is 0.251 e. The molecule has 2 N–H and O–H groups in total. The van der Waals surface area contributed by atoms with Crippen molar-refractivity contribution in [2.24, 2.45) is 12.0 Å². The summed E-state index contributed by atoms with van der Waals surface area (Å²) in [5.74, 6) is 0.713. The quantitative estimate of drug-likeness (QED) is 0.435. The van der Waals surface area contributed by atoms with Crippen molar-refractivity contribution >= 4 is 23.5 Å². The third-order valence-electron chi connectivity index (χ3n) is 4.11. The van der Waals surface area contributed by atoms with Gasteiger partial charge in [0.15, 0.2) is 5.96 Å². The first kappa shape index (κ1) is 20.8. The summed E-state index contributed by atoms with van der Waals surface area (Å²) in [7, 11) is 3.95. The number of nitrogens with one attached hydrogen (secondary N) is 2. The van der Waals surface area contributed by atoms with E-state index in [1.807, 2.05) is 73.9 Å². The van der Waals surface area contributed by atoms with Crippen molar-refractivity contribution in [1.29, 1.82) is 0 Å². The molecule has 1 aromatic heterocycles. The number of benzene rings is 1. The van der Waals surface area contributed by atoms with Gasteiger partial charge in [0.25, 0.3) is 5.91 Å². The van der Waals surface area contributed by atoms with E-state index in [-0.39, 0.29) is 5.91 Å². The van der Waals surface area contributed by atoms with Gasteiger partial charge in [0.2, 0.25) is 0 Å². The molecule has 1 aromatic carbocycles. The maximum absolute atomic E-state index is 12.2. The van der Waals surface area contributed by atoms with Crippen molar-refractivity contribution in [2.75, 3.05) is 26.7 Å². The Balaban J connectivity index is 1.90. The van der Waals surface area contributed by atoms with Gasteiger partial charge in [-0.3, -0.25) is 9.79 Å². The van der Waals surface area contributed by atoms with Gasteiger partial charge in [0.1, 0.15) is 0 Å². The number of halogens is 1. The molecule has 0 atom stereocenters. The molecule has 1 amide bonds. The number of carbonyl (C=O) groups excluding carboxylic acids is 1. The van der Waals surface area contributed by atoms with Crippen LogP contribution in [0, 0.1) is 6.92 Å². The van der Waals surface area contributed by atoms with Crippen LogP contribution in [0.4, 0.5) is 0 Å². The van der Waals surface area contributed by atoms with Gasteiger partial charge in [-0.05, 0) is 32.0 Å². The maximum atomic E-state index is 12.2. The fourth-order valence-corrected chi connectivity index (χ4v) is 3.00. The average molecular weight is 390 g/mol. The number of aliphatic imine (C=N–C) groups is 1. The number of rotatable bonds is 7. The third-order valence-corrected chi connectivity index (χ3v) is 4.32. The number of carbonyl (C=O) groups is 1. The van der Waals surface area contributed by atoms with Crippen LogP contribution in [0.1, 0.15) is 28.5 Å². The second-order valence-electron chi connectivity index (χ2n) is 6.48. The van der Waals surface area contributed by atoms with Crippen LogP contribution in [0.25, 0.3) is 0 Å². The van der Waals surface area contributed by atoms with Gasteiger partial charge in [-0.25, -0.2) is 0 Å². The van der Waals surface area contributed by atoms with Crippen LogP contribution in [0.15, 0.2) is 41.5 Å². The van der Waals surface area contributed by atoms with Crippen LogP contribution >= 0.6 is 11.6 Å². The molecule has 0 spiro atoms. The topological polar surface area (TPSA) is 61.7 Å². The zero-order valence-electron chi connectivity index (χ0n) is 16.4. The summed E-state index contributed by atoms with van der Waals surface area (Å²) in [4.78, 5) is 18.8. The average Bonchev–Trinajstić information content (AvgIpc) is 2.94. The van der Waals surface area contributed by atoms with E-state index in [1.165, 1.54) is 0 Å². The fourth-order valence-electron chi connectivity index (χ4n) is 2.73. The van der Waals surface area contributed by atoms with Crippen LogP contribution in [0.2, 0.25) is 5.02 Å². The molecule has 0 aliphatic rings. The van der Waals surface area contributed by atoms with Gasteiger partial charge in [-0.2, -0.15) is 0 Å². The Morgan fingerprint density at radius 2 is 2.07 bits per heavy atom. The summed E-state index contributed by atoms with van der Waals surface area (Å²) in [5.41, 5.74) is 2.84. The number of amides is 1. The second kappa shape index (κ2) is 10.0. The molecule has 0 fully saturated rings. The first-order chi connectivity index (χ1) is 12.9. The molecule has 2 aromatic rings. The Morgan fingerprint density at radius 3 is 2.70 bits per heavy atom. The molecule has 1 heterocycles. The van der Waals surface area contributed by atoms with E-state index >= 15 is 0 Å². The molecule has 6 nitrogen and oxygen atoms in total. The van der Waals surface area contributed by atoms with E-state index in [4.69, 9.17) is 11.6 Å². The molecule has 0 saturated carbocycles.